The van der Waals surface area contributed by atoms with Crippen molar-refractivity contribution < 1.29 is 24.4 Å². The number of rotatable bonds is 6. The monoisotopic (exact) mass is 281 g/mol. The summed E-state index contributed by atoms with van der Waals surface area (Å²) in [6.45, 7) is 3.18. The zero-order valence-electron chi connectivity index (χ0n) is 11.2. The average Bonchev–Trinajstić information content (AvgIpc) is 2.33. The normalized spacial score (nSPS) is 10.1. The molecule has 0 heterocycles. The minimum Gasteiger partial charge on any atom is -0.481 e. The molecule has 1 aromatic carbocycles. The Bertz CT molecular complexity index is 552. The molecule has 20 heavy (non-hydrogen) atoms. The molecule has 7 nitrogen and oxygen atoms in total. The maximum atomic E-state index is 11.6. The van der Waals surface area contributed by atoms with Crippen molar-refractivity contribution >= 4 is 17.6 Å². The summed E-state index contributed by atoms with van der Waals surface area (Å²) >= 11 is 0. The fourth-order valence-electron chi connectivity index (χ4n) is 1.72. The van der Waals surface area contributed by atoms with Gasteiger partial charge in [0.2, 0.25) is 0 Å². The van der Waals surface area contributed by atoms with Crippen LogP contribution in [0.15, 0.2) is 12.1 Å². The van der Waals surface area contributed by atoms with E-state index in [1.807, 2.05) is 0 Å². The van der Waals surface area contributed by atoms with Crippen LogP contribution in [-0.4, -0.2) is 22.0 Å². The van der Waals surface area contributed by atoms with Gasteiger partial charge < -0.3 is 9.84 Å². The minimum absolute atomic E-state index is 0.0477. The molecule has 0 amide bonds. The molecule has 1 rings (SSSR count). The summed E-state index contributed by atoms with van der Waals surface area (Å²) in [4.78, 5) is 32.2. The Morgan fingerprint density at radius 2 is 1.95 bits per heavy atom. The first-order valence-corrected chi connectivity index (χ1v) is 6.00. The number of carbonyl (C=O) groups excluding carboxylic acids is 1. The van der Waals surface area contributed by atoms with Gasteiger partial charge in [0, 0.05) is 18.9 Å². The highest BCUT2D eigenvalue weighted by Gasteiger charge is 2.19. The zero-order chi connectivity index (χ0) is 15.3. The molecule has 1 aromatic rings. The lowest BCUT2D eigenvalue weighted by atomic mass is 10.1. The zero-order valence-corrected chi connectivity index (χ0v) is 11.2. The molecule has 0 unspecified atom stereocenters. The number of carboxylic acids is 1. The van der Waals surface area contributed by atoms with Gasteiger partial charge in [0.1, 0.15) is 5.75 Å². The molecule has 0 aromatic heterocycles. The highest BCUT2D eigenvalue weighted by atomic mass is 16.6. The largest absolute Gasteiger partial charge is 0.481 e. The number of benzene rings is 1. The van der Waals surface area contributed by atoms with Crippen LogP contribution in [0.4, 0.5) is 5.69 Å². The van der Waals surface area contributed by atoms with E-state index in [1.54, 1.807) is 6.92 Å². The van der Waals surface area contributed by atoms with E-state index >= 15 is 0 Å². The van der Waals surface area contributed by atoms with E-state index in [0.29, 0.717) is 5.56 Å². The molecule has 0 bridgehead atoms. The van der Waals surface area contributed by atoms with Crippen LogP contribution in [0.1, 0.15) is 30.4 Å². The van der Waals surface area contributed by atoms with Crippen LogP contribution in [0.25, 0.3) is 0 Å². The minimum atomic E-state index is -0.986. The van der Waals surface area contributed by atoms with Gasteiger partial charge in [-0.1, -0.05) is 0 Å². The molecule has 0 spiro atoms. The number of aryl methyl sites for hydroxylation is 1. The van der Waals surface area contributed by atoms with Gasteiger partial charge in [-0.25, -0.2) is 0 Å². The molecule has 0 saturated carbocycles. The van der Waals surface area contributed by atoms with Gasteiger partial charge in [0.05, 0.1) is 10.5 Å². The van der Waals surface area contributed by atoms with Crippen molar-refractivity contribution in [3.05, 3.63) is 33.4 Å². The van der Waals surface area contributed by atoms with E-state index in [1.165, 1.54) is 19.1 Å². The number of esters is 1. The van der Waals surface area contributed by atoms with Crippen LogP contribution in [0, 0.1) is 24.0 Å². The van der Waals surface area contributed by atoms with Crippen LogP contribution in [0.3, 0.4) is 0 Å². The molecule has 0 aliphatic carbocycles. The van der Waals surface area contributed by atoms with Crippen molar-refractivity contribution in [1.29, 1.82) is 0 Å². The Morgan fingerprint density at radius 1 is 1.30 bits per heavy atom. The van der Waals surface area contributed by atoms with Crippen molar-refractivity contribution in [3.8, 4) is 5.75 Å². The maximum Gasteiger partial charge on any atom is 0.311 e. The van der Waals surface area contributed by atoms with Gasteiger partial charge in [0.15, 0.2) is 0 Å². The van der Waals surface area contributed by atoms with E-state index in [-0.39, 0.29) is 36.3 Å². The van der Waals surface area contributed by atoms with E-state index in [0.717, 1.165) is 0 Å². The first kappa shape index (κ1) is 15.6. The summed E-state index contributed by atoms with van der Waals surface area (Å²) < 4.78 is 5.11. The summed E-state index contributed by atoms with van der Waals surface area (Å²) in [6, 6.07) is 2.86. The van der Waals surface area contributed by atoms with Crippen molar-refractivity contribution in [2.24, 2.45) is 0 Å². The first-order valence-electron chi connectivity index (χ1n) is 6.00. The summed E-state index contributed by atoms with van der Waals surface area (Å²) in [5.74, 6) is -1.42. The van der Waals surface area contributed by atoms with E-state index in [4.69, 9.17) is 9.84 Å². The van der Waals surface area contributed by atoms with E-state index < -0.39 is 16.9 Å². The lowest BCUT2D eigenvalue weighted by Gasteiger charge is -2.10. The predicted molar refractivity (Wildman–Crippen MR) is 69.7 cm³/mol. The third-order valence-electron chi connectivity index (χ3n) is 2.76. The Morgan fingerprint density at radius 3 is 2.50 bits per heavy atom. The molecule has 0 radical (unpaired) electrons. The highest BCUT2D eigenvalue weighted by Crippen LogP contribution is 2.31. The summed E-state index contributed by atoms with van der Waals surface area (Å²) in [5.41, 5.74) is 0.769. The van der Waals surface area contributed by atoms with Gasteiger partial charge in [0.25, 0.3) is 5.69 Å². The molecule has 0 atom stereocenters. The lowest BCUT2D eigenvalue weighted by molar-refractivity contribution is -0.385. The van der Waals surface area contributed by atoms with Crippen molar-refractivity contribution in [2.45, 2.75) is 33.1 Å². The topological polar surface area (TPSA) is 107 Å². The SMILES string of the molecule is Cc1ccc([N+](=O)[O-])c(C)c1OC(=O)CCCC(=O)O. The molecule has 0 aliphatic heterocycles. The van der Waals surface area contributed by atoms with Gasteiger partial charge in [-0.3, -0.25) is 19.7 Å². The quantitative estimate of drug-likeness (QED) is 0.371. The fraction of sp³-hybridized carbons (Fsp3) is 0.385. The van der Waals surface area contributed by atoms with Gasteiger partial charge >= 0.3 is 11.9 Å². The average molecular weight is 281 g/mol. The predicted octanol–water partition coefficient (Wildman–Crippen LogP) is 2.37. The lowest BCUT2D eigenvalue weighted by Crippen LogP contribution is -2.11. The van der Waals surface area contributed by atoms with Gasteiger partial charge in [-0.05, 0) is 31.9 Å². The van der Waals surface area contributed by atoms with Crippen molar-refractivity contribution in [3.63, 3.8) is 0 Å². The number of ether oxygens (including phenoxy) is 1. The second-order valence-electron chi connectivity index (χ2n) is 4.33. The van der Waals surface area contributed by atoms with E-state index in [2.05, 4.69) is 0 Å². The molecule has 0 fully saturated rings. The van der Waals surface area contributed by atoms with Crippen LogP contribution < -0.4 is 4.74 Å². The highest BCUT2D eigenvalue weighted by molar-refractivity contribution is 5.75. The number of nitro groups is 1. The van der Waals surface area contributed by atoms with Gasteiger partial charge in [-0.2, -0.15) is 0 Å². The second-order valence-corrected chi connectivity index (χ2v) is 4.33. The number of carbonyl (C=O) groups is 2. The van der Waals surface area contributed by atoms with Crippen LogP contribution in [-0.2, 0) is 9.59 Å². The number of aliphatic carboxylic acids is 1. The molecular weight excluding hydrogens is 266 g/mol. The molecule has 7 heteroatoms. The smallest absolute Gasteiger partial charge is 0.311 e. The second kappa shape index (κ2) is 6.65. The third-order valence-corrected chi connectivity index (χ3v) is 2.76. The number of hydrogen-bond acceptors (Lipinski definition) is 5. The molecular formula is C13H15NO6. The van der Waals surface area contributed by atoms with Crippen molar-refractivity contribution in [2.75, 3.05) is 0 Å². The number of nitrogens with zero attached hydrogens (tertiary/aromatic N) is 1. The van der Waals surface area contributed by atoms with Crippen LogP contribution >= 0.6 is 0 Å². The fourth-order valence-corrected chi connectivity index (χ4v) is 1.72. The Labute approximate surface area is 115 Å². The van der Waals surface area contributed by atoms with Crippen LogP contribution in [0.2, 0.25) is 0 Å². The van der Waals surface area contributed by atoms with Crippen molar-refractivity contribution in [1.82, 2.24) is 0 Å². The third kappa shape index (κ3) is 4.04. The molecule has 108 valence electrons. The van der Waals surface area contributed by atoms with E-state index in [9.17, 15) is 19.7 Å². The first-order chi connectivity index (χ1) is 9.32. The number of hydrogen-bond donors (Lipinski definition) is 1. The standard InChI is InChI=1S/C13H15NO6/c1-8-6-7-10(14(18)19)9(2)13(8)20-12(17)5-3-4-11(15)16/h6-7H,3-5H2,1-2H3,(H,15,16). The Balaban J connectivity index is 2.81. The summed E-state index contributed by atoms with van der Waals surface area (Å²) in [5, 5.41) is 19.3. The number of nitro benzene ring substituents is 1. The Hall–Kier alpha value is -2.44. The molecule has 0 aliphatic rings. The van der Waals surface area contributed by atoms with Gasteiger partial charge in [-0.15, -0.1) is 0 Å². The molecule has 0 saturated heterocycles. The Kier molecular flexibility index (Phi) is 5.19. The summed E-state index contributed by atoms with van der Waals surface area (Å²) in [7, 11) is 0. The molecule has 1 N–H and O–H groups in total. The maximum absolute atomic E-state index is 11.6. The summed E-state index contributed by atoms with van der Waals surface area (Å²) in [6.07, 6.45) is -0.00291. The van der Waals surface area contributed by atoms with Crippen LogP contribution in [0.5, 0.6) is 5.75 Å². The number of carboxylic acid groups (broad SMARTS) is 1.